The van der Waals surface area contributed by atoms with Gasteiger partial charge in [0.15, 0.2) is 0 Å². The van der Waals surface area contributed by atoms with Gasteiger partial charge in [-0.3, -0.25) is 4.79 Å². The predicted molar refractivity (Wildman–Crippen MR) is 79.9 cm³/mol. The van der Waals surface area contributed by atoms with E-state index in [9.17, 15) is 13.2 Å². The van der Waals surface area contributed by atoms with Gasteiger partial charge in [-0.1, -0.05) is 29.3 Å². The average Bonchev–Trinajstić information content (AvgIpc) is 3.08. The first-order chi connectivity index (χ1) is 9.24. The third-order valence-electron chi connectivity index (χ3n) is 3.64. The molecule has 2 rings (SSSR count). The molecule has 0 bridgehead atoms. The van der Waals surface area contributed by atoms with Gasteiger partial charge in [0, 0.05) is 16.1 Å². The smallest absolute Gasteiger partial charge is 0.251 e. The van der Waals surface area contributed by atoms with Crippen LogP contribution in [-0.2, 0) is 10.0 Å². The van der Waals surface area contributed by atoms with Gasteiger partial charge in [-0.05, 0) is 37.0 Å². The second-order valence-corrected chi connectivity index (χ2v) is 7.55. The molecule has 1 amide bonds. The minimum atomic E-state index is -3.85. The average molecular weight is 361 g/mol. The summed E-state index contributed by atoms with van der Waals surface area (Å²) in [7, 11) is -3.85. The number of rotatable bonds is 4. The number of hydrogen-bond acceptors (Lipinski definition) is 3. The Balaban J connectivity index is 2.32. The van der Waals surface area contributed by atoms with Crippen LogP contribution in [-0.4, -0.2) is 20.4 Å². The van der Waals surface area contributed by atoms with Crippen molar-refractivity contribution < 1.29 is 13.2 Å². The molecule has 20 heavy (non-hydrogen) atoms. The van der Waals surface area contributed by atoms with Crippen LogP contribution in [0.15, 0.2) is 21.5 Å². The topological polar surface area (TPSA) is 89.3 Å². The fourth-order valence-electron chi connectivity index (χ4n) is 2.31. The van der Waals surface area contributed by atoms with Gasteiger partial charge < -0.3 is 5.32 Å². The lowest BCUT2D eigenvalue weighted by Crippen LogP contribution is -2.28. The molecule has 1 aromatic carbocycles. The lowest BCUT2D eigenvalue weighted by molar-refractivity contribution is 0.0948. The molecule has 1 aliphatic carbocycles. The zero-order valence-corrected chi connectivity index (χ0v) is 13.7. The molecule has 0 heterocycles. The van der Waals surface area contributed by atoms with Crippen molar-refractivity contribution in [1.82, 2.24) is 5.32 Å². The summed E-state index contributed by atoms with van der Waals surface area (Å²) in [4.78, 5) is 12.2. The van der Waals surface area contributed by atoms with Crippen LogP contribution >= 0.6 is 15.9 Å². The molecule has 2 unspecified atom stereocenters. The van der Waals surface area contributed by atoms with E-state index >= 15 is 0 Å². The highest BCUT2D eigenvalue weighted by molar-refractivity contribution is 9.10. The highest BCUT2D eigenvalue weighted by atomic mass is 79.9. The normalized spacial score (nSPS) is 21.6. The summed E-state index contributed by atoms with van der Waals surface area (Å²) in [5, 5.41) is 8.09. The number of carbonyl (C=O) groups is 1. The molecule has 2 atom stereocenters. The van der Waals surface area contributed by atoms with Crippen molar-refractivity contribution in [1.29, 1.82) is 0 Å². The molecule has 5 nitrogen and oxygen atoms in total. The first kappa shape index (κ1) is 15.5. The molecular weight excluding hydrogens is 344 g/mol. The van der Waals surface area contributed by atoms with E-state index in [-0.39, 0.29) is 16.8 Å². The molecule has 110 valence electrons. The molecule has 7 heteroatoms. The van der Waals surface area contributed by atoms with Crippen LogP contribution in [0.25, 0.3) is 0 Å². The lowest BCUT2D eigenvalue weighted by atomic mass is 10.1. The Hall–Kier alpha value is -0.920. The molecule has 0 radical (unpaired) electrons. The van der Waals surface area contributed by atoms with Crippen LogP contribution in [0.3, 0.4) is 0 Å². The van der Waals surface area contributed by atoms with E-state index in [1.165, 1.54) is 6.07 Å². The quantitative estimate of drug-likeness (QED) is 0.859. The number of primary sulfonamides is 1. The van der Waals surface area contributed by atoms with Crippen molar-refractivity contribution in [3.05, 3.63) is 27.7 Å². The van der Waals surface area contributed by atoms with Gasteiger partial charge >= 0.3 is 0 Å². The van der Waals surface area contributed by atoms with Crippen LogP contribution in [0.5, 0.6) is 0 Å². The van der Waals surface area contributed by atoms with Gasteiger partial charge in [-0.25, -0.2) is 13.6 Å². The molecule has 1 aliphatic rings. The number of nitrogens with one attached hydrogen (secondary N) is 1. The van der Waals surface area contributed by atoms with Crippen molar-refractivity contribution in [2.75, 3.05) is 0 Å². The highest BCUT2D eigenvalue weighted by Crippen LogP contribution is 2.33. The molecule has 0 spiro atoms. The van der Waals surface area contributed by atoms with Gasteiger partial charge in [-0.2, -0.15) is 0 Å². The molecule has 1 fully saturated rings. The van der Waals surface area contributed by atoms with E-state index in [2.05, 4.69) is 28.2 Å². The Bertz CT molecular complexity index is 658. The SMILES string of the molecule is CCC1CC1NC(=O)c1cc(Br)cc(S(N)(=O)=O)c1C. The summed E-state index contributed by atoms with van der Waals surface area (Å²) in [6, 6.07) is 3.22. The predicted octanol–water partition coefficient (Wildman–Crippen LogP) is 1.93. The van der Waals surface area contributed by atoms with Gasteiger partial charge in [-0.15, -0.1) is 0 Å². The molecule has 3 N–H and O–H groups in total. The number of hydrogen-bond donors (Lipinski definition) is 2. The van der Waals surface area contributed by atoms with Crippen molar-refractivity contribution >= 4 is 31.9 Å². The molecule has 1 aromatic rings. The van der Waals surface area contributed by atoms with E-state index in [1.807, 2.05) is 0 Å². The van der Waals surface area contributed by atoms with E-state index in [1.54, 1.807) is 13.0 Å². The van der Waals surface area contributed by atoms with Gasteiger partial charge in [0.05, 0.1) is 4.90 Å². The summed E-state index contributed by atoms with van der Waals surface area (Å²) in [5.74, 6) is 0.277. The van der Waals surface area contributed by atoms with E-state index in [0.717, 1.165) is 12.8 Å². The number of carbonyl (C=O) groups excluding carboxylic acids is 1. The Morgan fingerprint density at radius 1 is 1.50 bits per heavy atom. The van der Waals surface area contributed by atoms with E-state index in [4.69, 9.17) is 5.14 Å². The summed E-state index contributed by atoms with van der Waals surface area (Å²) >= 11 is 3.22. The first-order valence-corrected chi connectivity index (χ1v) is 8.71. The second kappa shape index (κ2) is 5.46. The van der Waals surface area contributed by atoms with E-state index < -0.39 is 10.0 Å². The number of sulfonamides is 1. The highest BCUT2D eigenvalue weighted by Gasteiger charge is 2.37. The second-order valence-electron chi connectivity index (χ2n) is 5.11. The van der Waals surface area contributed by atoms with Crippen molar-refractivity contribution in [2.45, 2.75) is 37.6 Å². The monoisotopic (exact) mass is 360 g/mol. The van der Waals surface area contributed by atoms with Gasteiger partial charge in [0.25, 0.3) is 5.91 Å². The molecule has 0 aromatic heterocycles. The number of halogens is 1. The maximum Gasteiger partial charge on any atom is 0.251 e. The third-order valence-corrected chi connectivity index (χ3v) is 5.13. The fraction of sp³-hybridized carbons (Fsp3) is 0.462. The van der Waals surface area contributed by atoms with Crippen molar-refractivity contribution in [3.63, 3.8) is 0 Å². The Labute approximate surface area is 127 Å². The standard InChI is InChI=1S/C13H17BrN2O3S/c1-3-8-4-11(8)16-13(17)10-5-9(14)6-12(7(10)2)20(15,18)19/h5-6,8,11H,3-4H2,1-2H3,(H,16,17)(H2,15,18,19). The fourth-order valence-corrected chi connectivity index (χ4v) is 3.74. The van der Waals surface area contributed by atoms with Crippen LogP contribution in [0.1, 0.15) is 35.7 Å². The number of benzene rings is 1. The number of nitrogens with two attached hydrogens (primary N) is 1. The summed E-state index contributed by atoms with van der Waals surface area (Å²) < 4.78 is 23.6. The maximum absolute atomic E-state index is 12.2. The Morgan fingerprint density at radius 2 is 2.15 bits per heavy atom. The minimum absolute atomic E-state index is 0.0279. The zero-order valence-electron chi connectivity index (χ0n) is 11.3. The Kier molecular flexibility index (Phi) is 4.22. The molecule has 1 saturated carbocycles. The molecule has 0 saturated heterocycles. The largest absolute Gasteiger partial charge is 0.349 e. The zero-order chi connectivity index (χ0) is 15.1. The minimum Gasteiger partial charge on any atom is -0.349 e. The first-order valence-electron chi connectivity index (χ1n) is 6.37. The molecular formula is C13H17BrN2O3S. The van der Waals surface area contributed by atoms with Crippen molar-refractivity contribution in [3.8, 4) is 0 Å². The molecule has 0 aliphatic heterocycles. The van der Waals surface area contributed by atoms with Crippen LogP contribution in [0, 0.1) is 12.8 Å². The van der Waals surface area contributed by atoms with Crippen molar-refractivity contribution in [2.24, 2.45) is 11.1 Å². The summed E-state index contributed by atoms with van der Waals surface area (Å²) in [5.41, 5.74) is 0.715. The summed E-state index contributed by atoms with van der Waals surface area (Å²) in [6.45, 7) is 3.67. The maximum atomic E-state index is 12.2. The third kappa shape index (κ3) is 3.21. The van der Waals surface area contributed by atoms with Crippen LogP contribution in [0.2, 0.25) is 0 Å². The van der Waals surface area contributed by atoms with E-state index in [0.29, 0.717) is 21.5 Å². The van der Waals surface area contributed by atoms with Crippen LogP contribution < -0.4 is 10.5 Å². The van der Waals surface area contributed by atoms with Gasteiger partial charge in [0.2, 0.25) is 10.0 Å². The van der Waals surface area contributed by atoms with Gasteiger partial charge in [0.1, 0.15) is 0 Å². The number of amides is 1. The lowest BCUT2D eigenvalue weighted by Gasteiger charge is -2.11. The summed E-state index contributed by atoms with van der Waals surface area (Å²) in [6.07, 6.45) is 2.02. The Morgan fingerprint density at radius 3 is 2.65 bits per heavy atom. The van der Waals surface area contributed by atoms with Crippen LogP contribution in [0.4, 0.5) is 0 Å².